The predicted molar refractivity (Wildman–Crippen MR) is 292 cm³/mol. The Hall–Kier alpha value is -5.74. The Bertz CT molecular complexity index is 3010. The van der Waals surface area contributed by atoms with Gasteiger partial charge in [-0.1, -0.05) is 185 Å². The molecule has 4 heteroatoms. The van der Waals surface area contributed by atoms with E-state index in [1.54, 1.807) is 0 Å². The fourth-order valence-electron chi connectivity index (χ4n) is 10.6. The van der Waals surface area contributed by atoms with Gasteiger partial charge < -0.3 is 5.11 Å². The summed E-state index contributed by atoms with van der Waals surface area (Å²) in [6.45, 7) is 41.5. The van der Waals surface area contributed by atoms with Gasteiger partial charge in [0.1, 0.15) is 17.1 Å². The minimum Gasteiger partial charge on any atom is -0.505 e. The molecule has 0 aliphatic carbocycles. The van der Waals surface area contributed by atoms with Gasteiger partial charge in [-0.05, 0) is 144 Å². The van der Waals surface area contributed by atoms with E-state index in [0.717, 1.165) is 56.1 Å². The number of phenolic OH excluding ortho intramolecular Hbond substituents is 1. The maximum Gasteiger partial charge on any atom is 0.149 e. The Labute approximate surface area is 409 Å². The molecule has 2 aromatic heterocycles. The van der Waals surface area contributed by atoms with Gasteiger partial charge in [-0.15, -0.1) is 0 Å². The fraction of sp³-hybridized carbons (Fsp3) is 0.406. The van der Waals surface area contributed by atoms with Gasteiger partial charge >= 0.3 is 0 Å². The Kier molecular flexibility index (Phi) is 12.6. The van der Waals surface area contributed by atoms with E-state index in [0.29, 0.717) is 17.4 Å². The first-order valence-corrected chi connectivity index (χ1v) is 25.4. The normalized spacial score (nSPS) is 14.0. The first kappa shape index (κ1) is 48.7. The zero-order valence-corrected chi connectivity index (χ0v) is 44.5. The van der Waals surface area contributed by atoms with Crippen LogP contribution in [0.15, 0.2) is 103 Å². The highest BCUT2D eigenvalue weighted by Crippen LogP contribution is 2.56. The molecule has 0 saturated heterocycles. The van der Waals surface area contributed by atoms with Crippen molar-refractivity contribution in [3.05, 3.63) is 153 Å². The molecule has 68 heavy (non-hydrogen) atoms. The number of anilines is 3. The number of pyridine rings is 2. The predicted octanol–water partition coefficient (Wildman–Crippen LogP) is 18.7. The molecule has 0 radical (unpaired) electrons. The Morgan fingerprint density at radius 2 is 1.15 bits per heavy atom. The number of hydrogen-bond acceptors (Lipinski definition) is 4. The van der Waals surface area contributed by atoms with E-state index in [1.165, 1.54) is 50.1 Å². The third-order valence-electron chi connectivity index (χ3n) is 14.8. The van der Waals surface area contributed by atoms with Crippen molar-refractivity contribution in [3.63, 3.8) is 0 Å². The standard InChI is InChI=1S/C64H77N3O/c1-36(2)42-24-25-51-55(30-42)67(57-31-44(26-27-65-57)62(11,12)13)56-34-49(45(38(5)6)33-52(56)64(51,17)18)54-35-53(63(14,15)16)59-50(32-48(61(68)60(59)66-54)41-22-20-19-21-23-41)58-46(39(7)8)28-43(37(3)4)29-47(58)40(9)10/h19-40,68H,1-18H3. The maximum atomic E-state index is 12.9. The summed E-state index contributed by atoms with van der Waals surface area (Å²) in [6, 6.07) is 36.3. The van der Waals surface area contributed by atoms with Crippen molar-refractivity contribution < 1.29 is 5.11 Å². The topological polar surface area (TPSA) is 49.3 Å². The molecule has 0 unspecified atom stereocenters. The molecule has 1 aliphatic heterocycles. The molecule has 7 aromatic rings. The van der Waals surface area contributed by atoms with E-state index in [-0.39, 0.29) is 39.7 Å². The lowest BCUT2D eigenvalue weighted by Gasteiger charge is -2.43. The van der Waals surface area contributed by atoms with Crippen LogP contribution in [0.3, 0.4) is 0 Å². The highest BCUT2D eigenvalue weighted by atomic mass is 16.3. The molecule has 1 N–H and O–H groups in total. The second kappa shape index (κ2) is 17.7. The third-order valence-corrected chi connectivity index (χ3v) is 14.8. The van der Waals surface area contributed by atoms with Gasteiger partial charge in [0.15, 0.2) is 0 Å². The van der Waals surface area contributed by atoms with Crippen molar-refractivity contribution in [2.45, 2.75) is 170 Å². The number of fused-ring (bicyclic) bond motifs is 3. The molecule has 0 atom stereocenters. The number of benzene rings is 5. The van der Waals surface area contributed by atoms with Crippen molar-refractivity contribution >= 4 is 28.1 Å². The van der Waals surface area contributed by atoms with Crippen LogP contribution in [0, 0.1) is 0 Å². The number of aromatic nitrogens is 2. The van der Waals surface area contributed by atoms with Gasteiger partial charge in [0.05, 0.1) is 17.1 Å². The van der Waals surface area contributed by atoms with Crippen molar-refractivity contribution in [2.24, 2.45) is 0 Å². The molecule has 354 valence electrons. The molecule has 5 aromatic carbocycles. The fourth-order valence-corrected chi connectivity index (χ4v) is 10.6. The molecule has 1 aliphatic rings. The lowest BCUT2D eigenvalue weighted by atomic mass is 9.71. The van der Waals surface area contributed by atoms with Gasteiger partial charge in [0.2, 0.25) is 0 Å². The molecule has 4 nitrogen and oxygen atoms in total. The largest absolute Gasteiger partial charge is 0.505 e. The van der Waals surface area contributed by atoms with Crippen LogP contribution in [0.2, 0.25) is 0 Å². The zero-order chi connectivity index (χ0) is 49.5. The van der Waals surface area contributed by atoms with E-state index < -0.39 is 0 Å². The molecule has 0 saturated carbocycles. The highest BCUT2D eigenvalue weighted by molar-refractivity contribution is 6.07. The van der Waals surface area contributed by atoms with Gasteiger partial charge in [-0.2, -0.15) is 0 Å². The number of phenols is 1. The Morgan fingerprint density at radius 1 is 0.544 bits per heavy atom. The van der Waals surface area contributed by atoms with Crippen LogP contribution in [0.5, 0.6) is 5.75 Å². The van der Waals surface area contributed by atoms with Gasteiger partial charge in [-0.25, -0.2) is 9.97 Å². The van der Waals surface area contributed by atoms with Crippen LogP contribution < -0.4 is 4.90 Å². The Morgan fingerprint density at radius 3 is 1.71 bits per heavy atom. The first-order valence-electron chi connectivity index (χ1n) is 25.4. The summed E-state index contributed by atoms with van der Waals surface area (Å²) in [5.41, 5.74) is 19.8. The third kappa shape index (κ3) is 8.56. The number of aromatic hydroxyl groups is 1. The van der Waals surface area contributed by atoms with Crippen molar-refractivity contribution in [1.29, 1.82) is 0 Å². The highest BCUT2D eigenvalue weighted by Gasteiger charge is 2.40. The maximum absolute atomic E-state index is 12.9. The first-order chi connectivity index (χ1) is 31.8. The summed E-state index contributed by atoms with van der Waals surface area (Å²) >= 11 is 0. The summed E-state index contributed by atoms with van der Waals surface area (Å²) in [5, 5.41) is 14.0. The average molecular weight is 904 g/mol. The smallest absolute Gasteiger partial charge is 0.149 e. The summed E-state index contributed by atoms with van der Waals surface area (Å²) in [5.74, 6) is 2.59. The molecule has 0 amide bonds. The average Bonchev–Trinajstić information content (AvgIpc) is 3.27. The molecular weight excluding hydrogens is 827 g/mol. The summed E-state index contributed by atoms with van der Waals surface area (Å²) in [7, 11) is 0. The summed E-state index contributed by atoms with van der Waals surface area (Å²) in [4.78, 5) is 13.3. The zero-order valence-electron chi connectivity index (χ0n) is 44.5. The monoisotopic (exact) mass is 904 g/mol. The molecular formula is C64H77N3O. The van der Waals surface area contributed by atoms with Crippen LogP contribution in [-0.2, 0) is 16.2 Å². The lowest BCUT2D eigenvalue weighted by Crippen LogP contribution is -2.32. The number of rotatable bonds is 9. The van der Waals surface area contributed by atoms with Gasteiger partial charge in [0.25, 0.3) is 0 Å². The number of nitrogens with zero attached hydrogens (tertiary/aromatic N) is 3. The van der Waals surface area contributed by atoms with E-state index >= 15 is 0 Å². The second-order valence-electron chi connectivity index (χ2n) is 23.9. The van der Waals surface area contributed by atoms with Gasteiger partial charge in [-0.3, -0.25) is 4.90 Å². The Balaban J connectivity index is 1.53. The van der Waals surface area contributed by atoms with E-state index in [9.17, 15) is 5.11 Å². The molecule has 8 rings (SSSR count). The van der Waals surface area contributed by atoms with E-state index in [1.807, 2.05) is 12.3 Å². The summed E-state index contributed by atoms with van der Waals surface area (Å²) in [6.07, 6.45) is 1.97. The van der Waals surface area contributed by atoms with Crippen LogP contribution in [0.4, 0.5) is 17.2 Å². The number of hydrogen-bond donors (Lipinski definition) is 1. The van der Waals surface area contributed by atoms with Crippen LogP contribution in [0.25, 0.3) is 44.4 Å². The van der Waals surface area contributed by atoms with Crippen LogP contribution in [0.1, 0.15) is 204 Å². The second-order valence-corrected chi connectivity index (χ2v) is 23.9. The van der Waals surface area contributed by atoms with Crippen molar-refractivity contribution in [3.8, 4) is 39.3 Å². The van der Waals surface area contributed by atoms with Crippen LogP contribution in [-0.4, -0.2) is 15.1 Å². The lowest BCUT2D eigenvalue weighted by molar-refractivity contribution is 0.482. The van der Waals surface area contributed by atoms with E-state index in [4.69, 9.17) is 9.97 Å². The van der Waals surface area contributed by atoms with Crippen molar-refractivity contribution in [1.82, 2.24) is 9.97 Å². The molecule has 0 fully saturated rings. The van der Waals surface area contributed by atoms with Crippen LogP contribution >= 0.6 is 0 Å². The molecule has 3 heterocycles. The minimum absolute atomic E-state index is 0.0645. The van der Waals surface area contributed by atoms with Gasteiger partial charge in [0, 0.05) is 28.1 Å². The van der Waals surface area contributed by atoms with E-state index in [2.05, 4.69) is 221 Å². The molecule has 0 bridgehead atoms. The quantitative estimate of drug-likeness (QED) is 0.157. The minimum atomic E-state index is -0.316. The van der Waals surface area contributed by atoms with Crippen molar-refractivity contribution in [2.75, 3.05) is 4.90 Å². The molecule has 0 spiro atoms. The summed E-state index contributed by atoms with van der Waals surface area (Å²) < 4.78 is 0. The SMILES string of the molecule is CC(C)c1cc(C(C)C)c(-c2cc(-c3ccccc3)c(O)c3nc(-c4cc5c(cc4C(C)C)C(C)(C)c4ccc(C(C)C)cc4N5c4cc(C(C)(C)C)ccn4)cc(C(C)(C)C)c23)c(C(C)C)c1.